The van der Waals surface area contributed by atoms with Crippen LogP contribution in [-0.2, 0) is 25.4 Å². The second-order valence-corrected chi connectivity index (χ2v) is 10.9. The summed E-state index contributed by atoms with van der Waals surface area (Å²) in [5, 5.41) is 10.8. The number of aromatic nitrogens is 2. The number of nitrogens with one attached hydrogen (secondary N) is 2. The Morgan fingerprint density at radius 3 is 2.58 bits per heavy atom. The first kappa shape index (κ1) is 26.4. The molecule has 1 fully saturated rings. The molecule has 2 aliphatic rings. The molecule has 1 amide bonds. The normalized spacial score (nSPS) is 20.3. The van der Waals surface area contributed by atoms with Gasteiger partial charge in [-0.2, -0.15) is 5.10 Å². The molecular weight excluding hydrogens is 459 g/mol. The number of anilines is 1. The summed E-state index contributed by atoms with van der Waals surface area (Å²) in [6, 6.07) is 7.44. The molecule has 0 spiro atoms. The van der Waals surface area contributed by atoms with E-state index in [2.05, 4.69) is 15.7 Å². The van der Waals surface area contributed by atoms with Gasteiger partial charge in [-0.15, -0.1) is 0 Å². The van der Waals surface area contributed by atoms with Crippen LogP contribution in [0.15, 0.2) is 24.3 Å². The molecule has 2 aromatic rings. The van der Waals surface area contributed by atoms with E-state index in [4.69, 9.17) is 14.0 Å². The van der Waals surface area contributed by atoms with Crippen LogP contribution in [0.1, 0.15) is 82.2 Å². The summed E-state index contributed by atoms with van der Waals surface area (Å²) in [5.41, 5.74) is 2.79. The molecule has 0 aliphatic carbocycles. The van der Waals surface area contributed by atoms with Gasteiger partial charge in [-0.1, -0.05) is 12.1 Å². The first-order chi connectivity index (χ1) is 16.9. The first-order valence-electron chi connectivity index (χ1n) is 12.6. The molecule has 0 unspecified atom stereocenters. The zero-order valence-electron chi connectivity index (χ0n) is 22.3. The summed E-state index contributed by atoms with van der Waals surface area (Å²) >= 11 is 0. The minimum Gasteiger partial charge on any atom is -0.462 e. The second kappa shape index (κ2) is 9.99. The number of fused-ring (bicyclic) bond motifs is 1. The molecule has 0 radical (unpaired) electrons. The number of esters is 1. The van der Waals surface area contributed by atoms with E-state index in [0.717, 1.165) is 36.1 Å². The number of rotatable bonds is 7. The molecule has 1 atom stereocenters. The predicted molar refractivity (Wildman–Crippen MR) is 138 cm³/mol. The van der Waals surface area contributed by atoms with E-state index in [-0.39, 0.29) is 30.6 Å². The molecule has 10 heteroatoms. The SMILES string of the molecule is Cc1c(NC(=O)c2cc3n(n2)CCC[C@@H]3NCC(=O)OC(C)C)cccc1B1OC(C)(C)C(C)(C)O1. The third-order valence-electron chi connectivity index (χ3n) is 7.25. The number of benzene rings is 1. The molecule has 194 valence electrons. The molecule has 1 aromatic heterocycles. The highest BCUT2D eigenvalue weighted by Gasteiger charge is 2.52. The molecule has 1 saturated heterocycles. The van der Waals surface area contributed by atoms with Gasteiger partial charge in [0.1, 0.15) is 0 Å². The van der Waals surface area contributed by atoms with Crippen LogP contribution in [0.3, 0.4) is 0 Å². The number of amides is 1. The van der Waals surface area contributed by atoms with Crippen molar-refractivity contribution in [2.24, 2.45) is 0 Å². The van der Waals surface area contributed by atoms with Crippen molar-refractivity contribution in [2.45, 2.75) is 91.2 Å². The summed E-state index contributed by atoms with van der Waals surface area (Å²) in [5.74, 6) is -0.582. The van der Waals surface area contributed by atoms with Crippen LogP contribution >= 0.6 is 0 Å². The highest BCUT2D eigenvalue weighted by Crippen LogP contribution is 2.37. The highest BCUT2D eigenvalue weighted by atomic mass is 16.7. The number of nitrogens with zero attached hydrogens (tertiary/aromatic N) is 2. The zero-order chi connectivity index (χ0) is 26.3. The van der Waals surface area contributed by atoms with Gasteiger partial charge in [0.15, 0.2) is 5.69 Å². The summed E-state index contributed by atoms with van der Waals surface area (Å²) < 4.78 is 19.5. The summed E-state index contributed by atoms with van der Waals surface area (Å²) in [6.07, 6.45) is 1.61. The summed E-state index contributed by atoms with van der Waals surface area (Å²) in [7, 11) is -0.513. The van der Waals surface area contributed by atoms with Gasteiger partial charge in [0, 0.05) is 18.3 Å². The number of ether oxygens (including phenoxy) is 1. The van der Waals surface area contributed by atoms with E-state index in [9.17, 15) is 9.59 Å². The van der Waals surface area contributed by atoms with Gasteiger partial charge >= 0.3 is 13.1 Å². The molecule has 9 nitrogen and oxygen atoms in total. The minimum absolute atomic E-state index is 0.0686. The smallest absolute Gasteiger partial charge is 0.462 e. The number of carbonyl (C=O) groups excluding carboxylic acids is 2. The van der Waals surface area contributed by atoms with Crippen LogP contribution < -0.4 is 16.1 Å². The molecular formula is C26H37BN4O5. The Labute approximate surface area is 213 Å². The fourth-order valence-electron chi connectivity index (χ4n) is 4.51. The number of aryl methyl sites for hydroxylation is 1. The van der Waals surface area contributed by atoms with Crippen molar-refractivity contribution in [1.82, 2.24) is 15.1 Å². The van der Waals surface area contributed by atoms with Crippen molar-refractivity contribution in [3.05, 3.63) is 41.2 Å². The van der Waals surface area contributed by atoms with Crippen molar-refractivity contribution >= 4 is 30.1 Å². The van der Waals surface area contributed by atoms with Crippen LogP contribution in [0.25, 0.3) is 0 Å². The molecule has 0 saturated carbocycles. The quantitative estimate of drug-likeness (QED) is 0.449. The molecule has 4 rings (SSSR count). The van der Waals surface area contributed by atoms with Crippen molar-refractivity contribution in [2.75, 3.05) is 11.9 Å². The maximum atomic E-state index is 13.2. The second-order valence-electron chi connectivity index (χ2n) is 10.9. The average Bonchev–Trinajstić information content (AvgIpc) is 3.31. The third-order valence-corrected chi connectivity index (χ3v) is 7.25. The van der Waals surface area contributed by atoms with E-state index in [1.807, 2.05) is 71.3 Å². The van der Waals surface area contributed by atoms with Crippen LogP contribution in [0, 0.1) is 6.92 Å². The van der Waals surface area contributed by atoms with Gasteiger partial charge < -0.3 is 19.4 Å². The lowest BCUT2D eigenvalue weighted by molar-refractivity contribution is -0.146. The fraction of sp³-hybridized carbons (Fsp3) is 0.577. The van der Waals surface area contributed by atoms with Crippen molar-refractivity contribution < 1.29 is 23.6 Å². The lowest BCUT2D eigenvalue weighted by Gasteiger charge is -2.32. The van der Waals surface area contributed by atoms with Gasteiger partial charge in [-0.25, -0.2) is 0 Å². The monoisotopic (exact) mass is 496 g/mol. The Bertz CT molecular complexity index is 1130. The molecule has 2 aliphatic heterocycles. The Balaban J connectivity index is 1.47. The Kier molecular flexibility index (Phi) is 7.32. The Morgan fingerprint density at radius 2 is 1.92 bits per heavy atom. The molecule has 2 N–H and O–H groups in total. The van der Waals surface area contributed by atoms with Crippen molar-refractivity contribution in [3.8, 4) is 0 Å². The standard InChI is InChI=1S/C26H37BN4O5/c1-16(2)34-23(32)15-28-20-12-9-13-31-22(20)14-21(30-31)24(33)29-19-11-8-10-18(17(19)3)27-35-25(4,5)26(6,7)36-27/h8,10-11,14,16,20,28H,9,12-13,15H2,1-7H3,(H,29,33)/t20-/m0/s1. The maximum absolute atomic E-state index is 13.2. The lowest BCUT2D eigenvalue weighted by Crippen LogP contribution is -2.41. The van der Waals surface area contributed by atoms with E-state index in [0.29, 0.717) is 11.4 Å². The molecule has 36 heavy (non-hydrogen) atoms. The van der Waals surface area contributed by atoms with Crippen LogP contribution in [0.4, 0.5) is 5.69 Å². The van der Waals surface area contributed by atoms with Crippen LogP contribution in [0.5, 0.6) is 0 Å². The van der Waals surface area contributed by atoms with E-state index in [1.165, 1.54) is 0 Å². The third kappa shape index (κ3) is 5.35. The van der Waals surface area contributed by atoms with Gasteiger partial charge in [-0.3, -0.25) is 19.6 Å². The van der Waals surface area contributed by atoms with Gasteiger partial charge in [0.2, 0.25) is 0 Å². The van der Waals surface area contributed by atoms with Crippen molar-refractivity contribution in [1.29, 1.82) is 0 Å². The molecule has 1 aromatic carbocycles. The van der Waals surface area contributed by atoms with Crippen molar-refractivity contribution in [3.63, 3.8) is 0 Å². The van der Waals surface area contributed by atoms with Crippen LogP contribution in [0.2, 0.25) is 0 Å². The topological polar surface area (TPSA) is 104 Å². The van der Waals surface area contributed by atoms with E-state index >= 15 is 0 Å². The Morgan fingerprint density at radius 1 is 1.22 bits per heavy atom. The number of hydrogen-bond acceptors (Lipinski definition) is 7. The highest BCUT2D eigenvalue weighted by molar-refractivity contribution is 6.62. The lowest BCUT2D eigenvalue weighted by atomic mass is 9.76. The molecule has 0 bridgehead atoms. The van der Waals surface area contributed by atoms with Gasteiger partial charge in [0.05, 0.1) is 29.5 Å². The zero-order valence-corrected chi connectivity index (χ0v) is 22.3. The fourth-order valence-corrected chi connectivity index (χ4v) is 4.51. The summed E-state index contributed by atoms with van der Waals surface area (Å²) in [4.78, 5) is 25.1. The number of carbonyl (C=O) groups is 2. The minimum atomic E-state index is -0.513. The van der Waals surface area contributed by atoms with Gasteiger partial charge in [-0.05, 0) is 84.5 Å². The summed E-state index contributed by atoms with van der Waals surface area (Å²) in [6.45, 7) is 14.5. The maximum Gasteiger partial charge on any atom is 0.495 e. The largest absolute Gasteiger partial charge is 0.495 e. The predicted octanol–water partition coefficient (Wildman–Crippen LogP) is 3.12. The van der Waals surface area contributed by atoms with E-state index in [1.54, 1.807) is 6.07 Å². The number of hydrogen-bond donors (Lipinski definition) is 2. The van der Waals surface area contributed by atoms with Gasteiger partial charge in [0.25, 0.3) is 5.91 Å². The van der Waals surface area contributed by atoms with Crippen LogP contribution in [-0.4, -0.2) is 52.6 Å². The Hall–Kier alpha value is -2.69. The average molecular weight is 496 g/mol. The van der Waals surface area contributed by atoms with E-state index < -0.39 is 18.3 Å². The first-order valence-corrected chi connectivity index (χ1v) is 12.6. The molecule has 3 heterocycles.